The Labute approximate surface area is 174 Å². The maximum absolute atomic E-state index is 13.2. The molecule has 1 aliphatic heterocycles. The van der Waals surface area contributed by atoms with Crippen molar-refractivity contribution in [3.8, 4) is 0 Å². The molecule has 1 atom stereocenters. The summed E-state index contributed by atoms with van der Waals surface area (Å²) in [5, 5.41) is 21.0. The molecule has 3 N–H and O–H groups in total. The lowest BCUT2D eigenvalue weighted by molar-refractivity contribution is -0.137. The number of aromatic nitrogens is 2. The topological polar surface area (TPSA) is 81.2 Å². The van der Waals surface area contributed by atoms with Gasteiger partial charge in [-0.25, -0.2) is 4.79 Å². The number of nitrogens with zero attached hydrogens (tertiary/aromatic N) is 2. The number of aliphatic hydroxyl groups is 1. The van der Waals surface area contributed by atoms with Gasteiger partial charge >= 0.3 is 12.2 Å². The van der Waals surface area contributed by atoms with Gasteiger partial charge in [-0.2, -0.15) is 18.3 Å². The number of anilines is 1. The van der Waals surface area contributed by atoms with Gasteiger partial charge < -0.3 is 10.0 Å². The number of carbonyl (C=O) groups is 1. The van der Waals surface area contributed by atoms with Crippen molar-refractivity contribution in [2.24, 2.45) is 0 Å². The Kier molecular flexibility index (Phi) is 5.11. The summed E-state index contributed by atoms with van der Waals surface area (Å²) in [5.41, 5.74) is -1.81. The number of amides is 2. The number of H-pyrrole nitrogens is 1. The summed E-state index contributed by atoms with van der Waals surface area (Å²) in [6.07, 6.45) is -3.99. The second kappa shape index (κ2) is 7.48. The van der Waals surface area contributed by atoms with Crippen LogP contribution in [0.15, 0.2) is 42.5 Å². The second-order valence-electron chi connectivity index (χ2n) is 7.30. The van der Waals surface area contributed by atoms with Crippen molar-refractivity contribution in [2.75, 3.05) is 18.4 Å². The molecule has 1 unspecified atom stereocenters. The number of alkyl halides is 3. The molecule has 6 nitrogen and oxygen atoms in total. The number of rotatable bonds is 2. The first kappa shape index (κ1) is 20.5. The molecule has 0 bridgehead atoms. The maximum Gasteiger partial charge on any atom is 0.417 e. The summed E-state index contributed by atoms with van der Waals surface area (Å²) in [6, 6.07) is 10.1. The van der Waals surface area contributed by atoms with Crippen LogP contribution >= 0.6 is 11.6 Å². The van der Waals surface area contributed by atoms with E-state index in [2.05, 4.69) is 15.5 Å². The van der Waals surface area contributed by atoms with E-state index in [4.69, 9.17) is 11.6 Å². The largest absolute Gasteiger partial charge is 0.417 e. The zero-order valence-corrected chi connectivity index (χ0v) is 16.4. The van der Waals surface area contributed by atoms with E-state index in [1.807, 2.05) is 18.2 Å². The number of likely N-dealkylation sites (tertiary alicyclic amines) is 1. The number of halogens is 4. The number of piperidine rings is 1. The third-order valence-electron chi connectivity index (χ3n) is 5.26. The normalized spacial score (nSPS) is 19.8. The summed E-state index contributed by atoms with van der Waals surface area (Å²) in [7, 11) is 0. The predicted octanol–water partition coefficient (Wildman–Crippen LogP) is 4.75. The number of β-amino-alcohol motifs (C(OH)–C–C–N with tert-alkyl or cyclic N) is 1. The fraction of sp³-hybridized carbons (Fsp3) is 0.300. The van der Waals surface area contributed by atoms with E-state index >= 15 is 0 Å². The van der Waals surface area contributed by atoms with Gasteiger partial charge in [-0.1, -0.05) is 29.8 Å². The molecule has 2 aromatic carbocycles. The predicted molar refractivity (Wildman–Crippen MR) is 106 cm³/mol. The molecule has 1 aromatic heterocycles. The Morgan fingerprint density at radius 2 is 2.03 bits per heavy atom. The number of urea groups is 1. The first-order valence-electron chi connectivity index (χ1n) is 9.26. The Hall–Kier alpha value is -2.78. The standard InChI is InChI=1S/C20H18ClF3N4O2/c21-15-7-6-12(10-14(15)20(22,23)24)19(30)8-3-9-28(11-19)18(29)25-17-13-4-1-2-5-16(13)26-27-17/h1-2,4-7,10,30H,3,8-9,11H2,(H2,25,26,27,29). The fourth-order valence-corrected chi connectivity index (χ4v) is 3.94. The minimum atomic E-state index is -4.64. The molecule has 0 radical (unpaired) electrons. The molecule has 4 rings (SSSR count). The molecule has 1 saturated heterocycles. The average molecular weight is 439 g/mol. The summed E-state index contributed by atoms with van der Waals surface area (Å²) >= 11 is 5.69. The first-order chi connectivity index (χ1) is 14.2. The fourth-order valence-electron chi connectivity index (χ4n) is 3.72. The van der Waals surface area contributed by atoms with Crippen molar-refractivity contribution >= 4 is 34.4 Å². The number of benzene rings is 2. The Balaban J connectivity index is 1.56. The molecule has 30 heavy (non-hydrogen) atoms. The van der Waals surface area contributed by atoms with Gasteiger partial charge in [0, 0.05) is 11.9 Å². The Morgan fingerprint density at radius 1 is 1.27 bits per heavy atom. The van der Waals surface area contributed by atoms with E-state index in [1.165, 1.54) is 11.0 Å². The summed E-state index contributed by atoms with van der Waals surface area (Å²) in [6.45, 7) is 0.205. The van der Waals surface area contributed by atoms with Crippen molar-refractivity contribution in [2.45, 2.75) is 24.6 Å². The Bertz CT molecular complexity index is 1100. The molecular formula is C20H18ClF3N4O2. The number of fused-ring (bicyclic) bond motifs is 1. The number of nitrogens with one attached hydrogen (secondary N) is 2. The van der Waals surface area contributed by atoms with Crippen LogP contribution in [0.2, 0.25) is 5.02 Å². The highest BCUT2D eigenvalue weighted by atomic mass is 35.5. The number of carbonyl (C=O) groups excluding carboxylic acids is 1. The van der Waals surface area contributed by atoms with Gasteiger partial charge in [-0.15, -0.1) is 0 Å². The van der Waals surface area contributed by atoms with Gasteiger partial charge in [0.1, 0.15) is 5.60 Å². The summed E-state index contributed by atoms with van der Waals surface area (Å²) in [5.74, 6) is 0.343. The number of hydrogen-bond donors (Lipinski definition) is 3. The van der Waals surface area contributed by atoms with Crippen LogP contribution in [0.25, 0.3) is 10.9 Å². The van der Waals surface area contributed by atoms with Crippen molar-refractivity contribution in [3.63, 3.8) is 0 Å². The van der Waals surface area contributed by atoms with Crippen LogP contribution in [-0.4, -0.2) is 39.3 Å². The molecule has 2 heterocycles. The number of aromatic amines is 1. The monoisotopic (exact) mass is 438 g/mol. The zero-order chi connectivity index (χ0) is 21.5. The molecular weight excluding hydrogens is 421 g/mol. The average Bonchev–Trinajstić information content (AvgIpc) is 3.10. The lowest BCUT2D eigenvalue weighted by Gasteiger charge is -2.39. The van der Waals surface area contributed by atoms with Crippen molar-refractivity contribution in [1.82, 2.24) is 15.1 Å². The minimum absolute atomic E-state index is 0.0712. The van der Waals surface area contributed by atoms with E-state index < -0.39 is 28.4 Å². The van der Waals surface area contributed by atoms with Crippen LogP contribution in [0, 0.1) is 0 Å². The van der Waals surface area contributed by atoms with Gasteiger partial charge in [0.25, 0.3) is 0 Å². The van der Waals surface area contributed by atoms with E-state index in [0.29, 0.717) is 18.8 Å². The van der Waals surface area contributed by atoms with Crippen LogP contribution in [0.5, 0.6) is 0 Å². The van der Waals surface area contributed by atoms with E-state index in [9.17, 15) is 23.1 Å². The summed E-state index contributed by atoms with van der Waals surface area (Å²) in [4.78, 5) is 14.1. The van der Waals surface area contributed by atoms with E-state index in [-0.39, 0.29) is 18.5 Å². The van der Waals surface area contributed by atoms with Gasteiger partial charge in [-0.3, -0.25) is 10.4 Å². The highest BCUT2D eigenvalue weighted by molar-refractivity contribution is 6.31. The van der Waals surface area contributed by atoms with Crippen LogP contribution in [0.3, 0.4) is 0 Å². The zero-order valence-electron chi connectivity index (χ0n) is 15.6. The minimum Gasteiger partial charge on any atom is -0.383 e. The molecule has 0 spiro atoms. The first-order valence-corrected chi connectivity index (χ1v) is 9.64. The van der Waals surface area contributed by atoms with E-state index in [1.54, 1.807) is 6.07 Å². The molecule has 10 heteroatoms. The molecule has 1 fully saturated rings. The summed E-state index contributed by atoms with van der Waals surface area (Å²) < 4.78 is 39.6. The highest BCUT2D eigenvalue weighted by Gasteiger charge is 2.40. The Morgan fingerprint density at radius 3 is 2.80 bits per heavy atom. The van der Waals surface area contributed by atoms with Crippen molar-refractivity contribution in [3.05, 3.63) is 58.6 Å². The molecule has 158 valence electrons. The van der Waals surface area contributed by atoms with Crippen molar-refractivity contribution in [1.29, 1.82) is 0 Å². The highest BCUT2D eigenvalue weighted by Crippen LogP contribution is 2.39. The van der Waals surface area contributed by atoms with Crippen molar-refractivity contribution < 1.29 is 23.1 Å². The molecule has 3 aromatic rings. The lowest BCUT2D eigenvalue weighted by atomic mass is 9.85. The van der Waals surface area contributed by atoms with Crippen LogP contribution in [0.4, 0.5) is 23.8 Å². The SMILES string of the molecule is O=C(Nc1n[nH]c2ccccc12)N1CCCC(O)(c2ccc(Cl)c(C(F)(F)F)c2)C1. The molecule has 0 saturated carbocycles. The molecule has 0 aliphatic carbocycles. The van der Waals surface area contributed by atoms with Gasteiger partial charge in [0.2, 0.25) is 0 Å². The molecule has 2 amide bonds. The number of para-hydroxylation sites is 1. The molecule has 1 aliphatic rings. The smallest absolute Gasteiger partial charge is 0.383 e. The van der Waals surface area contributed by atoms with Crippen LogP contribution < -0.4 is 5.32 Å². The van der Waals surface area contributed by atoms with Gasteiger partial charge in [0.15, 0.2) is 5.82 Å². The van der Waals surface area contributed by atoms with E-state index in [0.717, 1.165) is 23.0 Å². The lowest BCUT2D eigenvalue weighted by Crippen LogP contribution is -2.50. The quantitative estimate of drug-likeness (QED) is 0.540. The second-order valence-corrected chi connectivity index (χ2v) is 7.70. The third-order valence-corrected chi connectivity index (χ3v) is 5.59. The van der Waals surface area contributed by atoms with Crippen LogP contribution in [-0.2, 0) is 11.8 Å². The third kappa shape index (κ3) is 3.82. The van der Waals surface area contributed by atoms with Crippen LogP contribution in [0.1, 0.15) is 24.0 Å². The van der Waals surface area contributed by atoms with Gasteiger partial charge in [-0.05, 0) is 42.7 Å². The van der Waals surface area contributed by atoms with Gasteiger partial charge in [0.05, 0.1) is 22.6 Å². The maximum atomic E-state index is 13.2. The number of hydrogen-bond acceptors (Lipinski definition) is 3.